The second-order valence-corrected chi connectivity index (χ2v) is 14.0. The molecule has 0 spiro atoms. The van der Waals surface area contributed by atoms with Gasteiger partial charge in [0, 0.05) is 6.61 Å². The number of benzene rings is 1. The molecule has 1 unspecified atom stereocenters. The summed E-state index contributed by atoms with van der Waals surface area (Å²) in [6.07, 6.45) is 1.91. The summed E-state index contributed by atoms with van der Waals surface area (Å²) in [5, 5.41) is 0.175. The van der Waals surface area contributed by atoms with Crippen molar-refractivity contribution in [2.24, 2.45) is 0 Å². The molecule has 0 N–H and O–H groups in total. The van der Waals surface area contributed by atoms with Crippen molar-refractivity contribution in [2.75, 3.05) is 6.61 Å². The molecule has 1 heterocycles. The Morgan fingerprint density at radius 1 is 1.30 bits per heavy atom. The summed E-state index contributed by atoms with van der Waals surface area (Å²) in [5.74, 6) is -0.333. The minimum atomic E-state index is -1.93. The molecule has 0 aliphatic rings. The van der Waals surface area contributed by atoms with Gasteiger partial charge in [-0.2, -0.15) is 0 Å². The SMILES string of the molecule is CC(C)(C)[Si](C)(C)OCCC(c1ccc(F)cc1)n1c(Cl)ncc(Br)c1=O. The Balaban J connectivity index is 2.37. The molecular weight excluding hydrogens is 451 g/mol. The maximum absolute atomic E-state index is 13.4. The minimum Gasteiger partial charge on any atom is -0.417 e. The summed E-state index contributed by atoms with van der Waals surface area (Å²) in [5.41, 5.74) is 0.496. The molecular formula is C19H25BrClFN2O2Si. The third-order valence-corrected chi connectivity index (χ3v) is 10.5. The van der Waals surface area contributed by atoms with Crippen molar-refractivity contribution < 1.29 is 8.82 Å². The van der Waals surface area contributed by atoms with Gasteiger partial charge in [0.25, 0.3) is 5.56 Å². The van der Waals surface area contributed by atoms with Gasteiger partial charge in [0.15, 0.2) is 8.32 Å². The largest absolute Gasteiger partial charge is 0.417 e. The number of aromatic nitrogens is 2. The van der Waals surface area contributed by atoms with E-state index in [2.05, 4.69) is 54.8 Å². The zero-order valence-corrected chi connectivity index (χ0v) is 19.6. The number of halogens is 3. The predicted octanol–water partition coefficient (Wildman–Crippen LogP) is 5.80. The van der Waals surface area contributed by atoms with Crippen LogP contribution >= 0.6 is 27.5 Å². The first-order valence-electron chi connectivity index (χ1n) is 8.76. The molecule has 0 bridgehead atoms. The van der Waals surface area contributed by atoms with Crippen molar-refractivity contribution >= 4 is 35.8 Å². The van der Waals surface area contributed by atoms with Crippen LogP contribution in [0, 0.1) is 5.82 Å². The third kappa shape index (κ3) is 5.28. The van der Waals surface area contributed by atoms with Crippen LogP contribution < -0.4 is 5.56 Å². The van der Waals surface area contributed by atoms with Gasteiger partial charge in [0.05, 0.1) is 12.2 Å². The van der Waals surface area contributed by atoms with E-state index in [9.17, 15) is 9.18 Å². The maximum Gasteiger partial charge on any atom is 0.269 e. The highest BCUT2D eigenvalue weighted by Crippen LogP contribution is 2.37. The lowest BCUT2D eigenvalue weighted by atomic mass is 10.0. The Morgan fingerprint density at radius 3 is 2.44 bits per heavy atom. The van der Waals surface area contributed by atoms with Crippen molar-refractivity contribution in [3.63, 3.8) is 0 Å². The smallest absolute Gasteiger partial charge is 0.269 e. The van der Waals surface area contributed by atoms with Crippen LogP contribution in [-0.4, -0.2) is 24.5 Å². The van der Waals surface area contributed by atoms with Crippen LogP contribution in [0.1, 0.15) is 38.8 Å². The minimum absolute atomic E-state index is 0.0875. The molecule has 27 heavy (non-hydrogen) atoms. The van der Waals surface area contributed by atoms with E-state index in [1.54, 1.807) is 12.1 Å². The van der Waals surface area contributed by atoms with Crippen molar-refractivity contribution in [3.8, 4) is 0 Å². The Morgan fingerprint density at radius 2 is 1.89 bits per heavy atom. The molecule has 1 aromatic carbocycles. The fourth-order valence-corrected chi connectivity index (χ4v) is 4.07. The normalized spacial score (nSPS) is 13.6. The van der Waals surface area contributed by atoms with E-state index in [-0.39, 0.29) is 21.7 Å². The van der Waals surface area contributed by atoms with E-state index in [0.717, 1.165) is 5.56 Å². The van der Waals surface area contributed by atoms with Gasteiger partial charge in [-0.05, 0) is 69.8 Å². The second kappa shape index (κ2) is 8.55. The quantitative estimate of drug-likeness (QED) is 0.392. The van der Waals surface area contributed by atoms with Gasteiger partial charge < -0.3 is 4.43 Å². The van der Waals surface area contributed by atoms with E-state index in [1.165, 1.54) is 22.9 Å². The Hall–Kier alpha value is -1.02. The van der Waals surface area contributed by atoms with E-state index in [0.29, 0.717) is 17.5 Å². The lowest BCUT2D eigenvalue weighted by Crippen LogP contribution is -2.41. The van der Waals surface area contributed by atoms with E-state index in [4.69, 9.17) is 16.0 Å². The van der Waals surface area contributed by atoms with Gasteiger partial charge in [-0.25, -0.2) is 9.37 Å². The standard InChI is InChI=1S/C19H25BrClFN2O2Si/c1-19(2,3)27(4,5)26-11-10-16(13-6-8-14(22)9-7-13)24-17(25)15(20)12-23-18(24)21/h6-9,12,16H,10-11H2,1-5H3. The number of nitrogens with zero attached hydrogens (tertiary/aromatic N) is 2. The first-order chi connectivity index (χ1) is 12.4. The van der Waals surface area contributed by atoms with Gasteiger partial charge in [-0.3, -0.25) is 9.36 Å². The molecule has 4 nitrogen and oxygen atoms in total. The predicted molar refractivity (Wildman–Crippen MR) is 114 cm³/mol. The highest BCUT2D eigenvalue weighted by molar-refractivity contribution is 9.10. The second-order valence-electron chi connectivity index (χ2n) is 8.02. The maximum atomic E-state index is 13.4. The van der Waals surface area contributed by atoms with E-state index < -0.39 is 14.4 Å². The summed E-state index contributed by atoms with van der Waals surface area (Å²) in [6, 6.07) is 5.68. The van der Waals surface area contributed by atoms with E-state index >= 15 is 0 Å². The lowest BCUT2D eigenvalue weighted by molar-refractivity contribution is 0.263. The van der Waals surface area contributed by atoms with Crippen molar-refractivity contribution in [2.45, 2.75) is 51.4 Å². The summed E-state index contributed by atoms with van der Waals surface area (Å²) in [4.78, 5) is 16.8. The highest BCUT2D eigenvalue weighted by Gasteiger charge is 2.37. The van der Waals surface area contributed by atoms with Crippen LogP contribution in [0.25, 0.3) is 0 Å². The van der Waals surface area contributed by atoms with Gasteiger partial charge in [-0.15, -0.1) is 0 Å². The third-order valence-electron chi connectivity index (χ3n) is 5.13. The molecule has 0 radical (unpaired) electrons. The number of rotatable bonds is 6. The molecule has 1 aromatic heterocycles. The van der Waals surface area contributed by atoms with E-state index in [1.807, 2.05) is 0 Å². The molecule has 0 aliphatic heterocycles. The van der Waals surface area contributed by atoms with Crippen LogP contribution in [0.15, 0.2) is 39.7 Å². The summed E-state index contributed by atoms with van der Waals surface area (Å²) >= 11 is 9.46. The first-order valence-corrected chi connectivity index (χ1v) is 12.8. The molecule has 0 aliphatic carbocycles. The molecule has 2 rings (SSSR count). The summed E-state index contributed by atoms with van der Waals surface area (Å²) in [6.45, 7) is 11.4. The van der Waals surface area contributed by atoms with Crippen LogP contribution in [0.5, 0.6) is 0 Å². The fraction of sp³-hybridized carbons (Fsp3) is 0.474. The molecule has 0 saturated carbocycles. The number of hydrogen-bond acceptors (Lipinski definition) is 3. The van der Waals surface area contributed by atoms with Crippen LogP contribution in [0.3, 0.4) is 0 Å². The van der Waals surface area contributed by atoms with Gasteiger partial charge in [0.2, 0.25) is 5.28 Å². The monoisotopic (exact) mass is 474 g/mol. The average Bonchev–Trinajstić information content (AvgIpc) is 2.57. The zero-order chi connectivity index (χ0) is 20.4. The van der Waals surface area contributed by atoms with Gasteiger partial charge in [-0.1, -0.05) is 32.9 Å². The Bertz CT molecular complexity index is 850. The lowest BCUT2D eigenvalue weighted by Gasteiger charge is -2.36. The molecule has 1 atom stereocenters. The highest BCUT2D eigenvalue weighted by atomic mass is 79.9. The summed E-state index contributed by atoms with van der Waals surface area (Å²) < 4.78 is 21.4. The molecule has 148 valence electrons. The van der Waals surface area contributed by atoms with Crippen molar-refractivity contribution in [1.82, 2.24) is 9.55 Å². The zero-order valence-electron chi connectivity index (χ0n) is 16.2. The first kappa shape index (κ1) is 22.3. The molecule has 0 amide bonds. The topological polar surface area (TPSA) is 44.1 Å². The Labute approximate surface area is 174 Å². The van der Waals surface area contributed by atoms with Crippen LogP contribution in [0.2, 0.25) is 23.4 Å². The molecule has 0 saturated heterocycles. The molecule has 8 heteroatoms. The van der Waals surface area contributed by atoms with Crippen molar-refractivity contribution in [3.05, 3.63) is 62.0 Å². The van der Waals surface area contributed by atoms with Crippen molar-refractivity contribution in [1.29, 1.82) is 0 Å². The summed E-state index contributed by atoms with van der Waals surface area (Å²) in [7, 11) is -1.93. The van der Waals surface area contributed by atoms with Crippen LogP contribution in [0.4, 0.5) is 4.39 Å². The fourth-order valence-electron chi connectivity index (χ4n) is 2.47. The Kier molecular flexibility index (Phi) is 7.05. The molecule has 2 aromatic rings. The molecule has 0 fully saturated rings. The number of hydrogen-bond donors (Lipinski definition) is 0. The van der Waals surface area contributed by atoms with Gasteiger partial charge >= 0.3 is 0 Å². The van der Waals surface area contributed by atoms with Gasteiger partial charge in [0.1, 0.15) is 10.3 Å². The van der Waals surface area contributed by atoms with Crippen LogP contribution in [-0.2, 0) is 4.43 Å². The average molecular weight is 476 g/mol.